The fraction of sp³-hybridized carbons (Fsp3) is 0.125. The van der Waals surface area contributed by atoms with Crippen molar-refractivity contribution in [1.82, 2.24) is 14.9 Å². The summed E-state index contributed by atoms with van der Waals surface area (Å²) < 4.78 is 20.2. The molecule has 3 rings (SSSR count). The molecule has 0 aliphatic rings. The molecular weight excluding hydrogens is 386 g/mol. The zero-order chi connectivity index (χ0) is 17.8. The second-order valence-corrected chi connectivity index (χ2v) is 6.83. The Hall–Kier alpha value is -1.96. The Morgan fingerprint density at radius 1 is 1.16 bits per heavy atom. The lowest BCUT2D eigenvalue weighted by Gasteiger charge is -2.07. The van der Waals surface area contributed by atoms with E-state index in [9.17, 15) is 4.39 Å². The molecule has 2 N–H and O–H groups in total. The highest BCUT2D eigenvalue weighted by molar-refractivity contribution is 7.99. The van der Waals surface area contributed by atoms with Crippen LogP contribution in [0.25, 0.3) is 11.4 Å². The van der Waals surface area contributed by atoms with Gasteiger partial charge < -0.3 is 10.6 Å². The number of benzene rings is 2. The van der Waals surface area contributed by atoms with Gasteiger partial charge in [-0.3, -0.25) is 0 Å². The molecule has 0 unspecified atom stereocenters. The molecule has 1 heterocycles. The van der Waals surface area contributed by atoms with E-state index in [-0.39, 0.29) is 5.75 Å². The second-order valence-electron chi connectivity index (χ2n) is 4.93. The predicted molar refractivity (Wildman–Crippen MR) is 98.2 cm³/mol. The van der Waals surface area contributed by atoms with Crippen molar-refractivity contribution in [2.24, 2.45) is 0 Å². The summed E-state index contributed by atoms with van der Waals surface area (Å²) in [5.41, 5.74) is 0.596. The lowest BCUT2D eigenvalue weighted by atomic mass is 10.2. The summed E-state index contributed by atoms with van der Waals surface area (Å²) in [6.45, 7) is 0.297. The van der Waals surface area contributed by atoms with E-state index in [0.29, 0.717) is 38.9 Å². The van der Waals surface area contributed by atoms with Gasteiger partial charge in [-0.05, 0) is 30.3 Å². The van der Waals surface area contributed by atoms with E-state index in [0.717, 1.165) is 0 Å². The Labute approximate surface area is 157 Å². The molecule has 0 spiro atoms. The fourth-order valence-electron chi connectivity index (χ4n) is 2.07. The third-order valence-corrected chi connectivity index (χ3v) is 4.71. The van der Waals surface area contributed by atoms with E-state index in [1.54, 1.807) is 36.4 Å². The first-order chi connectivity index (χ1) is 12.1. The van der Waals surface area contributed by atoms with Gasteiger partial charge >= 0.3 is 0 Å². The minimum atomic E-state index is -0.396. The fourth-order valence-corrected chi connectivity index (χ4v) is 3.12. The van der Waals surface area contributed by atoms with E-state index in [1.165, 1.54) is 22.5 Å². The van der Waals surface area contributed by atoms with Crippen LogP contribution in [-0.4, -0.2) is 27.2 Å². The normalized spacial score (nSPS) is 10.8. The SMILES string of the molecule is Nn1c(SCCOc2ccccc2F)nnc1-c1cc(Cl)ccc1Cl. The average Bonchev–Trinajstić information content (AvgIpc) is 2.96. The van der Waals surface area contributed by atoms with Crippen molar-refractivity contribution in [1.29, 1.82) is 0 Å². The number of para-hydroxylation sites is 1. The van der Waals surface area contributed by atoms with Gasteiger partial charge in [0.1, 0.15) is 0 Å². The van der Waals surface area contributed by atoms with Crippen LogP contribution in [0.1, 0.15) is 0 Å². The molecule has 1 aromatic heterocycles. The predicted octanol–water partition coefficient (Wildman–Crippen LogP) is 4.28. The molecule has 0 bridgehead atoms. The topological polar surface area (TPSA) is 66.0 Å². The van der Waals surface area contributed by atoms with Crippen LogP contribution in [0.2, 0.25) is 10.0 Å². The number of hydrogen-bond acceptors (Lipinski definition) is 5. The van der Waals surface area contributed by atoms with E-state index in [4.69, 9.17) is 33.8 Å². The first-order valence-corrected chi connectivity index (χ1v) is 8.96. The Balaban J connectivity index is 1.64. The van der Waals surface area contributed by atoms with Gasteiger partial charge in [-0.25, -0.2) is 9.07 Å². The van der Waals surface area contributed by atoms with Gasteiger partial charge in [-0.15, -0.1) is 10.2 Å². The molecule has 0 saturated carbocycles. The number of nitrogen functional groups attached to an aromatic ring is 1. The maximum absolute atomic E-state index is 13.5. The second kappa shape index (κ2) is 7.95. The van der Waals surface area contributed by atoms with Gasteiger partial charge in [0.2, 0.25) is 5.16 Å². The Morgan fingerprint density at radius 3 is 2.76 bits per heavy atom. The van der Waals surface area contributed by atoms with E-state index < -0.39 is 5.82 Å². The summed E-state index contributed by atoms with van der Waals surface area (Å²) in [5.74, 6) is 6.78. The monoisotopic (exact) mass is 398 g/mol. The van der Waals surface area contributed by atoms with Crippen LogP contribution in [0, 0.1) is 5.82 Å². The van der Waals surface area contributed by atoms with Crippen molar-refractivity contribution < 1.29 is 9.13 Å². The van der Waals surface area contributed by atoms with Crippen LogP contribution in [0.3, 0.4) is 0 Å². The van der Waals surface area contributed by atoms with Crippen molar-refractivity contribution in [2.45, 2.75) is 5.16 Å². The smallest absolute Gasteiger partial charge is 0.210 e. The Bertz CT molecular complexity index is 890. The summed E-state index contributed by atoms with van der Waals surface area (Å²) in [7, 11) is 0. The van der Waals surface area contributed by atoms with Gasteiger partial charge in [-0.1, -0.05) is 47.1 Å². The maximum Gasteiger partial charge on any atom is 0.210 e. The van der Waals surface area contributed by atoms with Crippen LogP contribution in [0.5, 0.6) is 5.75 Å². The molecule has 25 heavy (non-hydrogen) atoms. The zero-order valence-electron chi connectivity index (χ0n) is 12.8. The number of aromatic nitrogens is 3. The highest BCUT2D eigenvalue weighted by Gasteiger charge is 2.15. The van der Waals surface area contributed by atoms with E-state index in [2.05, 4.69) is 10.2 Å². The van der Waals surface area contributed by atoms with Crippen molar-refractivity contribution >= 4 is 35.0 Å². The standard InChI is InChI=1S/C16H13Cl2FN4OS/c17-10-5-6-12(18)11(9-10)15-21-22-16(23(15)20)25-8-7-24-14-4-2-1-3-13(14)19/h1-6,9H,7-8,20H2. The van der Waals surface area contributed by atoms with Crippen LogP contribution in [0.4, 0.5) is 4.39 Å². The molecule has 3 aromatic rings. The summed E-state index contributed by atoms with van der Waals surface area (Å²) in [6.07, 6.45) is 0. The highest BCUT2D eigenvalue weighted by atomic mass is 35.5. The molecule has 0 fully saturated rings. The zero-order valence-corrected chi connectivity index (χ0v) is 15.2. The number of thioether (sulfide) groups is 1. The maximum atomic E-state index is 13.5. The van der Waals surface area contributed by atoms with Gasteiger partial charge in [0, 0.05) is 16.3 Å². The highest BCUT2D eigenvalue weighted by Crippen LogP contribution is 2.30. The molecule has 2 aromatic carbocycles. The molecule has 0 aliphatic heterocycles. The van der Waals surface area contributed by atoms with Gasteiger partial charge in [0.25, 0.3) is 0 Å². The van der Waals surface area contributed by atoms with Crippen molar-refractivity contribution in [3.63, 3.8) is 0 Å². The number of halogens is 3. The van der Waals surface area contributed by atoms with Crippen LogP contribution < -0.4 is 10.6 Å². The molecule has 130 valence electrons. The Morgan fingerprint density at radius 2 is 1.96 bits per heavy atom. The minimum Gasteiger partial charge on any atom is -0.490 e. The van der Waals surface area contributed by atoms with Crippen molar-refractivity contribution in [3.8, 4) is 17.1 Å². The molecule has 0 atom stereocenters. The molecule has 9 heteroatoms. The Kier molecular flexibility index (Phi) is 5.67. The van der Waals surface area contributed by atoms with Gasteiger partial charge in [-0.2, -0.15) is 0 Å². The molecule has 0 amide bonds. The number of nitrogens with zero attached hydrogens (tertiary/aromatic N) is 3. The molecule has 0 saturated heterocycles. The summed E-state index contributed by atoms with van der Waals surface area (Å²) in [5, 5.41) is 9.59. The van der Waals surface area contributed by atoms with Crippen LogP contribution in [0.15, 0.2) is 47.6 Å². The molecule has 5 nitrogen and oxygen atoms in total. The first kappa shape index (κ1) is 17.8. The lowest BCUT2D eigenvalue weighted by molar-refractivity contribution is 0.325. The molecule has 0 radical (unpaired) electrons. The van der Waals surface area contributed by atoms with Gasteiger partial charge in [0.15, 0.2) is 17.4 Å². The lowest BCUT2D eigenvalue weighted by Crippen LogP contribution is -2.12. The number of rotatable bonds is 6. The van der Waals surface area contributed by atoms with E-state index >= 15 is 0 Å². The summed E-state index contributed by atoms with van der Waals surface area (Å²) in [4.78, 5) is 0. The molecular formula is C16H13Cl2FN4OS. The average molecular weight is 399 g/mol. The molecule has 0 aliphatic carbocycles. The third kappa shape index (κ3) is 4.18. The van der Waals surface area contributed by atoms with Gasteiger partial charge in [0.05, 0.1) is 11.6 Å². The summed E-state index contributed by atoms with van der Waals surface area (Å²) in [6, 6.07) is 11.3. The number of hydrogen-bond donors (Lipinski definition) is 1. The number of nitrogens with two attached hydrogens (primary N) is 1. The third-order valence-electron chi connectivity index (χ3n) is 3.24. The largest absolute Gasteiger partial charge is 0.490 e. The van der Waals surface area contributed by atoms with E-state index in [1.807, 2.05) is 0 Å². The van der Waals surface area contributed by atoms with Crippen LogP contribution >= 0.6 is 35.0 Å². The summed E-state index contributed by atoms with van der Waals surface area (Å²) >= 11 is 13.5. The number of ether oxygens (including phenoxy) is 1. The van der Waals surface area contributed by atoms with Crippen molar-refractivity contribution in [3.05, 3.63) is 58.3 Å². The van der Waals surface area contributed by atoms with Crippen molar-refractivity contribution in [2.75, 3.05) is 18.2 Å². The first-order valence-electron chi connectivity index (χ1n) is 7.22. The minimum absolute atomic E-state index is 0.212. The quantitative estimate of drug-likeness (QED) is 0.381. The van der Waals surface area contributed by atoms with Crippen LogP contribution in [-0.2, 0) is 0 Å².